The van der Waals surface area contributed by atoms with Gasteiger partial charge < -0.3 is 10.1 Å². The Labute approximate surface area is 120 Å². The van der Waals surface area contributed by atoms with Crippen molar-refractivity contribution in [3.8, 4) is 0 Å². The van der Waals surface area contributed by atoms with E-state index in [4.69, 9.17) is 4.74 Å². The second kappa shape index (κ2) is 8.04. The molecular weight excluding hydrogens is 254 g/mol. The molecule has 1 atom stereocenters. The smallest absolute Gasteiger partial charge is 0.244 e. The summed E-state index contributed by atoms with van der Waals surface area (Å²) in [6.07, 6.45) is 10.6. The first-order valence-electron chi connectivity index (χ1n) is 7.69. The van der Waals surface area contributed by atoms with Crippen LogP contribution in [0.1, 0.15) is 51.5 Å². The Morgan fingerprint density at radius 1 is 1.50 bits per heavy atom. The Balaban J connectivity index is 1.61. The van der Waals surface area contributed by atoms with Crippen LogP contribution < -0.4 is 5.32 Å². The van der Waals surface area contributed by atoms with E-state index in [1.165, 1.54) is 25.7 Å². The molecule has 112 valence electrons. The van der Waals surface area contributed by atoms with Crippen LogP contribution in [0.2, 0.25) is 0 Å². The van der Waals surface area contributed by atoms with Crippen molar-refractivity contribution in [2.24, 2.45) is 0 Å². The van der Waals surface area contributed by atoms with Crippen LogP contribution in [0, 0.1) is 0 Å². The highest BCUT2D eigenvalue weighted by molar-refractivity contribution is 5.80. The van der Waals surface area contributed by atoms with Crippen LogP contribution in [0.5, 0.6) is 0 Å². The second-order valence-electron chi connectivity index (χ2n) is 5.33. The fraction of sp³-hybridized carbons (Fsp3) is 0.733. The molecule has 0 spiro atoms. The fourth-order valence-electron chi connectivity index (χ4n) is 2.66. The van der Waals surface area contributed by atoms with Gasteiger partial charge in [0.25, 0.3) is 0 Å². The summed E-state index contributed by atoms with van der Waals surface area (Å²) in [4.78, 5) is 12.1. The largest absolute Gasteiger partial charge is 0.378 e. The lowest BCUT2D eigenvalue weighted by molar-refractivity contribution is -0.124. The summed E-state index contributed by atoms with van der Waals surface area (Å²) in [6.45, 7) is 3.40. The molecule has 0 radical (unpaired) electrons. The highest BCUT2D eigenvalue weighted by atomic mass is 16.5. The maximum absolute atomic E-state index is 12.1. The number of amides is 1. The van der Waals surface area contributed by atoms with Crippen LogP contribution in [0.15, 0.2) is 18.5 Å². The first-order chi connectivity index (χ1) is 9.81. The maximum atomic E-state index is 12.1. The molecule has 5 heteroatoms. The molecule has 20 heavy (non-hydrogen) atoms. The lowest BCUT2D eigenvalue weighted by atomic mass is 10.2. The molecule has 1 saturated carbocycles. The minimum Gasteiger partial charge on any atom is -0.378 e. The second-order valence-corrected chi connectivity index (χ2v) is 5.33. The molecule has 1 aliphatic rings. The third kappa shape index (κ3) is 4.34. The minimum atomic E-state index is -0.208. The predicted octanol–water partition coefficient (Wildman–Crippen LogP) is 2.30. The Bertz CT molecular complexity index is 386. The summed E-state index contributed by atoms with van der Waals surface area (Å²) in [5.74, 6) is 0.0390. The number of ether oxygens (including phenoxy) is 1. The van der Waals surface area contributed by atoms with E-state index in [0.717, 1.165) is 19.4 Å². The average Bonchev–Trinajstić information content (AvgIpc) is 3.12. The molecule has 1 heterocycles. The van der Waals surface area contributed by atoms with E-state index in [1.54, 1.807) is 10.9 Å². The van der Waals surface area contributed by atoms with Gasteiger partial charge in [-0.25, -0.2) is 0 Å². The highest BCUT2D eigenvalue weighted by Gasteiger charge is 2.18. The molecule has 1 fully saturated rings. The number of rotatable bonds is 8. The van der Waals surface area contributed by atoms with E-state index in [-0.39, 0.29) is 11.9 Å². The van der Waals surface area contributed by atoms with E-state index in [9.17, 15) is 4.79 Å². The Morgan fingerprint density at radius 3 is 2.95 bits per heavy atom. The van der Waals surface area contributed by atoms with Gasteiger partial charge in [-0.3, -0.25) is 9.48 Å². The normalized spacial score (nSPS) is 17.2. The van der Waals surface area contributed by atoms with Gasteiger partial charge in [0.1, 0.15) is 6.04 Å². The van der Waals surface area contributed by atoms with Gasteiger partial charge in [-0.05, 0) is 31.7 Å². The van der Waals surface area contributed by atoms with Crippen LogP contribution >= 0.6 is 0 Å². The summed E-state index contributed by atoms with van der Waals surface area (Å²) in [7, 11) is 0. The number of hydrogen-bond acceptors (Lipinski definition) is 3. The molecule has 1 N–H and O–H groups in total. The number of carbonyl (C=O) groups excluding carboxylic acids is 1. The van der Waals surface area contributed by atoms with Gasteiger partial charge in [0.2, 0.25) is 5.91 Å². The summed E-state index contributed by atoms with van der Waals surface area (Å²) < 4.78 is 7.49. The van der Waals surface area contributed by atoms with Crippen molar-refractivity contribution in [2.45, 2.75) is 57.6 Å². The number of aromatic nitrogens is 2. The zero-order chi connectivity index (χ0) is 14.2. The van der Waals surface area contributed by atoms with Gasteiger partial charge in [0.05, 0.1) is 6.10 Å². The van der Waals surface area contributed by atoms with Crippen molar-refractivity contribution in [3.05, 3.63) is 18.5 Å². The Morgan fingerprint density at radius 2 is 2.30 bits per heavy atom. The maximum Gasteiger partial charge on any atom is 0.244 e. The zero-order valence-corrected chi connectivity index (χ0v) is 12.3. The molecular formula is C15H25N3O2. The van der Waals surface area contributed by atoms with E-state index >= 15 is 0 Å². The topological polar surface area (TPSA) is 56.1 Å². The third-order valence-corrected chi connectivity index (χ3v) is 3.81. The van der Waals surface area contributed by atoms with Gasteiger partial charge in [-0.15, -0.1) is 0 Å². The molecule has 1 aromatic rings. The van der Waals surface area contributed by atoms with Crippen molar-refractivity contribution in [1.82, 2.24) is 15.1 Å². The molecule has 0 saturated heterocycles. The molecule has 1 amide bonds. The van der Waals surface area contributed by atoms with Crippen LogP contribution in [0.3, 0.4) is 0 Å². The predicted molar refractivity (Wildman–Crippen MR) is 77.4 cm³/mol. The molecule has 1 aromatic heterocycles. The van der Waals surface area contributed by atoms with Gasteiger partial charge >= 0.3 is 0 Å². The van der Waals surface area contributed by atoms with Crippen molar-refractivity contribution in [1.29, 1.82) is 0 Å². The van der Waals surface area contributed by atoms with Crippen molar-refractivity contribution in [3.63, 3.8) is 0 Å². The molecule has 0 aliphatic heterocycles. The van der Waals surface area contributed by atoms with Crippen LogP contribution in [0.25, 0.3) is 0 Å². The van der Waals surface area contributed by atoms with Crippen molar-refractivity contribution >= 4 is 5.91 Å². The summed E-state index contributed by atoms with van der Waals surface area (Å²) in [5.41, 5.74) is 0. The summed E-state index contributed by atoms with van der Waals surface area (Å²) in [5, 5.41) is 7.10. The lowest BCUT2D eigenvalue weighted by Crippen LogP contribution is -2.33. The monoisotopic (exact) mass is 279 g/mol. The van der Waals surface area contributed by atoms with Crippen LogP contribution in [0.4, 0.5) is 0 Å². The Kier molecular flexibility index (Phi) is 6.05. The summed E-state index contributed by atoms with van der Waals surface area (Å²) in [6, 6.07) is 1.63. The van der Waals surface area contributed by atoms with Gasteiger partial charge in [-0.2, -0.15) is 5.10 Å². The molecule has 1 aliphatic carbocycles. The van der Waals surface area contributed by atoms with Crippen LogP contribution in [-0.4, -0.2) is 34.9 Å². The van der Waals surface area contributed by atoms with Crippen molar-refractivity contribution in [2.75, 3.05) is 13.2 Å². The molecule has 2 rings (SSSR count). The van der Waals surface area contributed by atoms with Gasteiger partial charge in [-0.1, -0.05) is 19.8 Å². The van der Waals surface area contributed by atoms with Gasteiger partial charge in [0, 0.05) is 25.5 Å². The summed E-state index contributed by atoms with van der Waals surface area (Å²) >= 11 is 0. The number of nitrogens with one attached hydrogen (secondary N) is 1. The average molecular weight is 279 g/mol. The lowest BCUT2D eigenvalue weighted by Gasteiger charge is -2.16. The minimum absolute atomic E-state index is 0.0390. The van der Waals surface area contributed by atoms with E-state index in [1.807, 2.05) is 19.2 Å². The molecule has 1 unspecified atom stereocenters. The highest BCUT2D eigenvalue weighted by Crippen LogP contribution is 2.20. The SMILES string of the molecule is CCC(C(=O)NCCCOC1CCCC1)n1cccn1. The van der Waals surface area contributed by atoms with E-state index < -0.39 is 0 Å². The number of hydrogen-bond donors (Lipinski definition) is 1. The Hall–Kier alpha value is -1.36. The van der Waals surface area contributed by atoms with Crippen LogP contribution in [-0.2, 0) is 9.53 Å². The third-order valence-electron chi connectivity index (χ3n) is 3.81. The first-order valence-corrected chi connectivity index (χ1v) is 7.69. The van der Waals surface area contributed by atoms with E-state index in [0.29, 0.717) is 12.6 Å². The number of nitrogens with zero attached hydrogens (tertiary/aromatic N) is 2. The number of carbonyl (C=O) groups is 1. The fourth-order valence-corrected chi connectivity index (χ4v) is 2.66. The first kappa shape index (κ1) is 15.0. The van der Waals surface area contributed by atoms with E-state index in [2.05, 4.69) is 10.4 Å². The van der Waals surface area contributed by atoms with Crippen molar-refractivity contribution < 1.29 is 9.53 Å². The molecule has 0 aromatic carbocycles. The standard InChI is InChI=1S/C15H25N3O2/c1-2-14(18-11-5-10-17-18)15(19)16-9-6-12-20-13-7-3-4-8-13/h5,10-11,13-14H,2-4,6-9,12H2,1H3,(H,16,19). The zero-order valence-electron chi connectivity index (χ0n) is 12.3. The van der Waals surface area contributed by atoms with Gasteiger partial charge in [0.15, 0.2) is 0 Å². The quantitative estimate of drug-likeness (QED) is 0.743. The molecule has 0 bridgehead atoms. The molecule has 5 nitrogen and oxygen atoms in total.